The van der Waals surface area contributed by atoms with Crippen molar-refractivity contribution in [3.63, 3.8) is 0 Å². The number of rotatable bonds is 9. The number of hydrogen-bond donors (Lipinski definition) is 0. The van der Waals surface area contributed by atoms with Crippen LogP contribution < -0.4 is 4.74 Å². The standard InChI is InChI=1S/C30H44F2O2/c1-3-5-21-8-13-24(14-9-21)27-18-17-26(20-34-27)23-11-6-22(7-12-23)10-15-25-16-19-28(33-4-2)30(32)29(25)31/h16-17,19,21-24,27H,3-15,18,20H2,1-2H3. The summed E-state index contributed by atoms with van der Waals surface area (Å²) in [7, 11) is 0. The van der Waals surface area contributed by atoms with Gasteiger partial charge in [0.2, 0.25) is 5.82 Å². The lowest BCUT2D eigenvalue weighted by Crippen LogP contribution is -2.32. The summed E-state index contributed by atoms with van der Waals surface area (Å²) in [5.41, 5.74) is 2.00. The SMILES string of the molecule is CCCC1CCC(C2CC=C(C3CCC(CCc4ccc(OCC)c(F)c4F)CC3)CO2)CC1. The number of hydrogen-bond acceptors (Lipinski definition) is 2. The number of ether oxygens (including phenoxy) is 2. The number of aryl methyl sites for hydroxylation is 1. The van der Waals surface area contributed by atoms with Crippen molar-refractivity contribution in [1.29, 1.82) is 0 Å². The zero-order valence-electron chi connectivity index (χ0n) is 21.3. The maximum absolute atomic E-state index is 14.4. The fourth-order valence-corrected chi connectivity index (χ4v) is 6.68. The molecular weight excluding hydrogens is 430 g/mol. The van der Waals surface area contributed by atoms with Crippen LogP contribution in [0.4, 0.5) is 8.78 Å². The van der Waals surface area contributed by atoms with E-state index >= 15 is 0 Å². The average molecular weight is 475 g/mol. The van der Waals surface area contributed by atoms with E-state index in [0.29, 0.717) is 36.5 Å². The van der Waals surface area contributed by atoms with Gasteiger partial charge < -0.3 is 9.47 Å². The van der Waals surface area contributed by atoms with E-state index in [4.69, 9.17) is 9.47 Å². The third kappa shape index (κ3) is 6.42. The van der Waals surface area contributed by atoms with Gasteiger partial charge in [-0.3, -0.25) is 0 Å². The Hall–Kier alpha value is -1.42. The van der Waals surface area contributed by atoms with Crippen LogP contribution in [0.5, 0.6) is 5.75 Å². The first kappa shape index (κ1) is 25.7. The summed E-state index contributed by atoms with van der Waals surface area (Å²) in [5, 5.41) is 0. The second-order valence-corrected chi connectivity index (χ2v) is 11.0. The quantitative estimate of drug-likeness (QED) is 0.334. The minimum absolute atomic E-state index is 0.0126. The van der Waals surface area contributed by atoms with E-state index < -0.39 is 11.6 Å². The molecule has 0 N–H and O–H groups in total. The van der Waals surface area contributed by atoms with E-state index in [0.717, 1.165) is 31.3 Å². The summed E-state index contributed by atoms with van der Waals surface area (Å²) in [6.07, 6.45) is 18.5. The normalized spacial score (nSPS) is 30.1. The fraction of sp³-hybridized carbons (Fsp3) is 0.733. The summed E-state index contributed by atoms with van der Waals surface area (Å²) in [6, 6.07) is 3.25. The molecule has 190 valence electrons. The topological polar surface area (TPSA) is 18.5 Å². The Labute approximate surface area is 205 Å². The molecule has 1 atom stereocenters. The van der Waals surface area contributed by atoms with Crippen molar-refractivity contribution in [3.8, 4) is 5.75 Å². The first-order chi connectivity index (χ1) is 16.6. The first-order valence-corrected chi connectivity index (χ1v) is 14.0. The van der Waals surface area contributed by atoms with E-state index in [1.807, 2.05) is 0 Å². The molecular formula is C30H44F2O2. The molecule has 2 saturated carbocycles. The summed E-state index contributed by atoms with van der Waals surface area (Å²) in [5.74, 6) is 1.39. The number of benzene rings is 1. The van der Waals surface area contributed by atoms with Crippen molar-refractivity contribution in [3.05, 3.63) is 41.0 Å². The number of halogens is 2. The predicted molar refractivity (Wildman–Crippen MR) is 134 cm³/mol. The molecule has 3 aliphatic rings. The molecule has 0 aromatic heterocycles. The van der Waals surface area contributed by atoms with Crippen molar-refractivity contribution in [1.82, 2.24) is 0 Å². The molecule has 0 saturated heterocycles. The fourth-order valence-electron chi connectivity index (χ4n) is 6.68. The van der Waals surface area contributed by atoms with Crippen molar-refractivity contribution >= 4 is 0 Å². The summed E-state index contributed by atoms with van der Waals surface area (Å²) >= 11 is 0. The molecule has 34 heavy (non-hydrogen) atoms. The molecule has 1 unspecified atom stereocenters. The molecule has 4 heteroatoms. The molecule has 1 heterocycles. The Balaban J connectivity index is 1.19. The van der Waals surface area contributed by atoms with Gasteiger partial charge >= 0.3 is 0 Å². The van der Waals surface area contributed by atoms with Gasteiger partial charge in [0.15, 0.2) is 11.6 Å². The minimum atomic E-state index is -0.848. The Morgan fingerprint density at radius 3 is 2.24 bits per heavy atom. The van der Waals surface area contributed by atoms with E-state index in [2.05, 4.69) is 13.0 Å². The highest BCUT2D eigenvalue weighted by molar-refractivity contribution is 5.31. The van der Waals surface area contributed by atoms with Crippen LogP contribution in [-0.2, 0) is 11.2 Å². The van der Waals surface area contributed by atoms with Gasteiger partial charge in [-0.25, -0.2) is 4.39 Å². The van der Waals surface area contributed by atoms with Gasteiger partial charge in [0.05, 0.1) is 19.3 Å². The van der Waals surface area contributed by atoms with Crippen LogP contribution in [-0.4, -0.2) is 19.3 Å². The molecule has 1 aliphatic heterocycles. The second-order valence-electron chi connectivity index (χ2n) is 11.0. The van der Waals surface area contributed by atoms with Crippen LogP contribution in [0.3, 0.4) is 0 Å². The molecule has 1 aromatic carbocycles. The lowest BCUT2D eigenvalue weighted by molar-refractivity contribution is -0.00364. The molecule has 4 rings (SSSR count). The molecule has 2 fully saturated rings. The zero-order valence-corrected chi connectivity index (χ0v) is 21.3. The van der Waals surface area contributed by atoms with Gasteiger partial charge in [-0.05, 0) is 106 Å². The molecule has 2 aliphatic carbocycles. The van der Waals surface area contributed by atoms with Gasteiger partial charge in [0.1, 0.15) is 0 Å². The summed E-state index contributed by atoms with van der Waals surface area (Å²) in [4.78, 5) is 0. The highest BCUT2D eigenvalue weighted by atomic mass is 19.2. The molecule has 0 radical (unpaired) electrons. The van der Waals surface area contributed by atoms with Crippen LogP contribution in [0, 0.1) is 35.3 Å². The van der Waals surface area contributed by atoms with E-state index in [9.17, 15) is 8.78 Å². The Morgan fingerprint density at radius 2 is 1.59 bits per heavy atom. The molecule has 2 nitrogen and oxygen atoms in total. The van der Waals surface area contributed by atoms with E-state index in [-0.39, 0.29) is 5.75 Å². The van der Waals surface area contributed by atoms with Gasteiger partial charge in [-0.15, -0.1) is 0 Å². The van der Waals surface area contributed by atoms with Crippen LogP contribution in [0.1, 0.15) is 96.5 Å². The molecule has 0 bridgehead atoms. The molecule has 0 amide bonds. The van der Waals surface area contributed by atoms with Crippen LogP contribution in [0.25, 0.3) is 0 Å². The van der Waals surface area contributed by atoms with Gasteiger partial charge in [0.25, 0.3) is 0 Å². The largest absolute Gasteiger partial charge is 0.491 e. The predicted octanol–water partition coefficient (Wildman–Crippen LogP) is 8.42. The monoisotopic (exact) mass is 474 g/mol. The average Bonchev–Trinajstić information content (AvgIpc) is 2.88. The van der Waals surface area contributed by atoms with Crippen molar-refractivity contribution in [2.75, 3.05) is 13.2 Å². The van der Waals surface area contributed by atoms with Gasteiger partial charge in [-0.2, -0.15) is 4.39 Å². The maximum Gasteiger partial charge on any atom is 0.200 e. The Kier molecular flexibility index (Phi) is 9.45. The van der Waals surface area contributed by atoms with E-state index in [1.54, 1.807) is 19.1 Å². The van der Waals surface area contributed by atoms with Crippen LogP contribution in [0.15, 0.2) is 23.8 Å². The molecule has 1 aromatic rings. The third-order valence-corrected chi connectivity index (χ3v) is 8.81. The van der Waals surface area contributed by atoms with Crippen LogP contribution in [0.2, 0.25) is 0 Å². The summed E-state index contributed by atoms with van der Waals surface area (Å²) < 4.78 is 40.1. The van der Waals surface area contributed by atoms with Crippen molar-refractivity contribution in [2.24, 2.45) is 23.7 Å². The van der Waals surface area contributed by atoms with E-state index in [1.165, 1.54) is 69.8 Å². The third-order valence-electron chi connectivity index (χ3n) is 8.81. The lowest BCUT2D eigenvalue weighted by Gasteiger charge is -2.37. The van der Waals surface area contributed by atoms with Gasteiger partial charge in [0, 0.05) is 0 Å². The van der Waals surface area contributed by atoms with Crippen LogP contribution >= 0.6 is 0 Å². The highest BCUT2D eigenvalue weighted by Crippen LogP contribution is 2.40. The lowest BCUT2D eigenvalue weighted by atomic mass is 9.74. The smallest absolute Gasteiger partial charge is 0.200 e. The summed E-state index contributed by atoms with van der Waals surface area (Å²) in [6.45, 7) is 5.24. The van der Waals surface area contributed by atoms with Gasteiger partial charge in [-0.1, -0.05) is 44.7 Å². The maximum atomic E-state index is 14.4. The first-order valence-electron chi connectivity index (χ1n) is 14.0. The van der Waals surface area contributed by atoms with Crippen molar-refractivity contribution < 1.29 is 18.3 Å². The highest BCUT2D eigenvalue weighted by Gasteiger charge is 2.31. The second kappa shape index (κ2) is 12.5. The zero-order chi connectivity index (χ0) is 23.9. The van der Waals surface area contributed by atoms with Crippen molar-refractivity contribution in [2.45, 2.75) is 103 Å². The Morgan fingerprint density at radius 1 is 0.882 bits per heavy atom. The minimum Gasteiger partial charge on any atom is -0.491 e. The Bertz CT molecular complexity index is 804. The molecule has 0 spiro atoms.